The molecule has 1 saturated carbocycles. The van der Waals surface area contributed by atoms with Crippen molar-refractivity contribution in [1.29, 1.82) is 0 Å². The van der Waals surface area contributed by atoms with Crippen molar-refractivity contribution in [2.45, 2.75) is 58.3 Å². The minimum absolute atomic E-state index is 0.202. The van der Waals surface area contributed by atoms with E-state index < -0.39 is 0 Å². The summed E-state index contributed by atoms with van der Waals surface area (Å²) in [5, 5.41) is 0.241. The lowest BCUT2D eigenvalue weighted by molar-refractivity contribution is -0.139. The van der Waals surface area contributed by atoms with Crippen molar-refractivity contribution in [3.63, 3.8) is 0 Å². The van der Waals surface area contributed by atoms with E-state index in [0.717, 1.165) is 32.4 Å². The largest absolute Gasteiger partial charge is 0.342 e. The molecule has 1 saturated heterocycles. The zero-order valence-corrected chi connectivity index (χ0v) is 12.7. The van der Waals surface area contributed by atoms with E-state index in [-0.39, 0.29) is 16.7 Å². The van der Waals surface area contributed by atoms with E-state index in [1.807, 2.05) is 0 Å². The lowest BCUT2D eigenvalue weighted by Crippen LogP contribution is -2.45. The summed E-state index contributed by atoms with van der Waals surface area (Å²) >= 11 is 6.15. The number of amides is 1. The van der Waals surface area contributed by atoms with E-state index in [1.165, 1.54) is 12.8 Å². The van der Waals surface area contributed by atoms with Crippen molar-refractivity contribution in [3.05, 3.63) is 0 Å². The highest BCUT2D eigenvalue weighted by Gasteiger charge is 2.41. The van der Waals surface area contributed by atoms with Crippen LogP contribution < -0.4 is 0 Å². The molecule has 1 amide bonds. The molecule has 0 N–H and O–H groups in total. The first-order chi connectivity index (χ1) is 8.42. The summed E-state index contributed by atoms with van der Waals surface area (Å²) in [5.41, 5.74) is 0.202. The Morgan fingerprint density at radius 3 is 2.33 bits per heavy atom. The molecule has 1 aliphatic carbocycles. The quantitative estimate of drug-likeness (QED) is 0.702. The van der Waals surface area contributed by atoms with Crippen molar-refractivity contribution >= 4 is 17.5 Å². The first-order valence-electron chi connectivity index (χ1n) is 7.34. The molecule has 2 fully saturated rings. The fourth-order valence-electron chi connectivity index (χ4n) is 3.58. The van der Waals surface area contributed by atoms with Crippen LogP contribution in [0.4, 0.5) is 0 Å². The number of hydrogen-bond acceptors (Lipinski definition) is 1. The van der Waals surface area contributed by atoms with Crippen LogP contribution in [0.15, 0.2) is 0 Å². The van der Waals surface area contributed by atoms with Gasteiger partial charge in [-0.1, -0.05) is 20.3 Å². The second-order valence-electron chi connectivity index (χ2n) is 6.77. The van der Waals surface area contributed by atoms with E-state index in [0.29, 0.717) is 11.8 Å². The fraction of sp³-hybridized carbons (Fsp3) is 0.933. The van der Waals surface area contributed by atoms with Gasteiger partial charge in [0, 0.05) is 24.4 Å². The minimum atomic E-state index is 0.202. The van der Waals surface area contributed by atoms with E-state index >= 15 is 0 Å². The molecule has 2 atom stereocenters. The Hall–Kier alpha value is -0.240. The molecule has 104 valence electrons. The van der Waals surface area contributed by atoms with Gasteiger partial charge in [0.05, 0.1) is 0 Å². The molecular weight excluding hydrogens is 246 g/mol. The maximum atomic E-state index is 12.6. The maximum absolute atomic E-state index is 12.6. The number of rotatable bonds is 2. The molecule has 0 aromatic rings. The zero-order chi connectivity index (χ0) is 13.3. The number of alkyl halides is 1. The van der Waals surface area contributed by atoms with Gasteiger partial charge >= 0.3 is 0 Å². The van der Waals surface area contributed by atoms with Crippen LogP contribution in [-0.2, 0) is 4.79 Å². The number of carbonyl (C=O) groups is 1. The van der Waals surface area contributed by atoms with Crippen LogP contribution in [0.3, 0.4) is 0 Å². The van der Waals surface area contributed by atoms with E-state index in [1.54, 1.807) is 0 Å². The molecule has 0 radical (unpaired) electrons. The minimum Gasteiger partial charge on any atom is -0.342 e. The van der Waals surface area contributed by atoms with Gasteiger partial charge < -0.3 is 4.90 Å². The Balaban J connectivity index is 1.92. The molecule has 3 heteroatoms. The normalized spacial score (nSPS) is 30.4. The molecule has 2 rings (SSSR count). The third-order valence-corrected chi connectivity index (χ3v) is 5.41. The smallest absolute Gasteiger partial charge is 0.226 e. The van der Waals surface area contributed by atoms with Gasteiger partial charge in [-0.25, -0.2) is 0 Å². The summed E-state index contributed by atoms with van der Waals surface area (Å²) < 4.78 is 0. The van der Waals surface area contributed by atoms with Gasteiger partial charge in [-0.15, -0.1) is 11.6 Å². The molecule has 1 heterocycles. The lowest BCUT2D eigenvalue weighted by Gasteiger charge is -2.37. The topological polar surface area (TPSA) is 20.3 Å². The van der Waals surface area contributed by atoms with Gasteiger partial charge in [-0.05, 0) is 43.9 Å². The van der Waals surface area contributed by atoms with Crippen molar-refractivity contribution in [1.82, 2.24) is 4.90 Å². The number of likely N-dealkylation sites (tertiary alicyclic amines) is 1. The maximum Gasteiger partial charge on any atom is 0.226 e. The molecule has 1 aliphatic heterocycles. The highest BCUT2D eigenvalue weighted by Crippen LogP contribution is 2.43. The van der Waals surface area contributed by atoms with Crippen molar-refractivity contribution < 1.29 is 4.79 Å². The third-order valence-electron chi connectivity index (χ3n) is 5.06. The zero-order valence-electron chi connectivity index (χ0n) is 11.9. The number of hydrogen-bond donors (Lipinski definition) is 0. The summed E-state index contributed by atoms with van der Waals surface area (Å²) in [5.74, 6) is 1.24. The van der Waals surface area contributed by atoms with Gasteiger partial charge in [0.15, 0.2) is 0 Å². The number of halogens is 1. The van der Waals surface area contributed by atoms with Gasteiger partial charge in [0.2, 0.25) is 5.91 Å². The van der Waals surface area contributed by atoms with Gasteiger partial charge in [0.1, 0.15) is 0 Å². The molecular formula is C15H26ClNO. The summed E-state index contributed by atoms with van der Waals surface area (Å²) in [7, 11) is 0. The Morgan fingerprint density at radius 2 is 1.89 bits per heavy atom. The molecule has 18 heavy (non-hydrogen) atoms. The Bertz CT molecular complexity index is 306. The number of piperidine rings is 1. The van der Waals surface area contributed by atoms with Crippen LogP contribution in [0.5, 0.6) is 0 Å². The second kappa shape index (κ2) is 5.40. The molecule has 2 unspecified atom stereocenters. The SMILES string of the molecule is CC(Cl)C1CCN(C(=O)C2CCCC2(C)C)CC1. The van der Waals surface area contributed by atoms with Crippen molar-refractivity contribution in [2.24, 2.45) is 17.3 Å². The molecule has 0 bridgehead atoms. The van der Waals surface area contributed by atoms with Crippen LogP contribution in [0.2, 0.25) is 0 Å². The summed E-state index contributed by atoms with van der Waals surface area (Å²) in [4.78, 5) is 14.7. The molecule has 0 aromatic carbocycles. The number of nitrogens with zero attached hydrogens (tertiary/aromatic N) is 1. The molecule has 2 aliphatic rings. The van der Waals surface area contributed by atoms with E-state index in [4.69, 9.17) is 11.6 Å². The van der Waals surface area contributed by atoms with Crippen LogP contribution in [0.1, 0.15) is 52.9 Å². The number of carbonyl (C=O) groups excluding carboxylic acids is 1. The Kier molecular flexibility index (Phi) is 4.25. The van der Waals surface area contributed by atoms with E-state index in [9.17, 15) is 4.79 Å². The average Bonchev–Trinajstić information content (AvgIpc) is 2.68. The van der Waals surface area contributed by atoms with Gasteiger partial charge in [-0.2, -0.15) is 0 Å². The van der Waals surface area contributed by atoms with Gasteiger partial charge in [-0.3, -0.25) is 4.79 Å². The van der Waals surface area contributed by atoms with E-state index in [2.05, 4.69) is 25.7 Å². The second-order valence-corrected chi connectivity index (χ2v) is 7.46. The third kappa shape index (κ3) is 2.84. The van der Waals surface area contributed by atoms with Crippen LogP contribution in [-0.4, -0.2) is 29.3 Å². The Labute approximate surface area is 116 Å². The lowest BCUT2D eigenvalue weighted by atomic mass is 9.80. The van der Waals surface area contributed by atoms with Gasteiger partial charge in [0.25, 0.3) is 0 Å². The van der Waals surface area contributed by atoms with Crippen molar-refractivity contribution in [2.75, 3.05) is 13.1 Å². The molecule has 0 spiro atoms. The highest BCUT2D eigenvalue weighted by molar-refractivity contribution is 6.20. The molecule has 0 aromatic heterocycles. The first-order valence-corrected chi connectivity index (χ1v) is 7.78. The fourth-order valence-corrected chi connectivity index (χ4v) is 3.84. The van der Waals surface area contributed by atoms with Crippen LogP contribution >= 0.6 is 11.6 Å². The summed E-state index contributed by atoms with van der Waals surface area (Å²) in [6, 6.07) is 0. The average molecular weight is 272 g/mol. The predicted octanol–water partition coefficient (Wildman–Crippen LogP) is 3.68. The predicted molar refractivity (Wildman–Crippen MR) is 75.7 cm³/mol. The Morgan fingerprint density at radius 1 is 1.28 bits per heavy atom. The molecule has 2 nitrogen and oxygen atoms in total. The van der Waals surface area contributed by atoms with Crippen LogP contribution in [0, 0.1) is 17.3 Å². The van der Waals surface area contributed by atoms with Crippen molar-refractivity contribution in [3.8, 4) is 0 Å². The summed E-state index contributed by atoms with van der Waals surface area (Å²) in [6.07, 6.45) is 5.63. The monoisotopic (exact) mass is 271 g/mol. The highest BCUT2D eigenvalue weighted by atomic mass is 35.5. The van der Waals surface area contributed by atoms with Crippen LogP contribution in [0.25, 0.3) is 0 Å². The first kappa shape index (κ1) is 14.2. The standard InChI is InChI=1S/C15H26ClNO/c1-11(16)12-6-9-17(10-7-12)14(18)13-5-4-8-15(13,2)3/h11-13H,4-10H2,1-3H3. The summed E-state index contributed by atoms with van der Waals surface area (Å²) in [6.45, 7) is 8.39.